The molecule has 1 aromatic rings. The van der Waals surface area contributed by atoms with Crippen LogP contribution < -0.4 is 10.6 Å². The standard InChI is InChI=1S/C12H17N3O4S/c1-4-8(16)14-12-13-7(5-20-12)10(17)15-9(6(2)3)11(18)19/h5-6,9H,4H2,1-3H3,(H,15,17)(H,18,19)(H,13,14,16). The molecule has 0 aliphatic heterocycles. The van der Waals surface area contributed by atoms with Gasteiger partial charge < -0.3 is 15.7 Å². The van der Waals surface area contributed by atoms with Gasteiger partial charge in [0.2, 0.25) is 5.91 Å². The number of aromatic nitrogens is 1. The van der Waals surface area contributed by atoms with Gasteiger partial charge in [-0.05, 0) is 5.92 Å². The van der Waals surface area contributed by atoms with Gasteiger partial charge >= 0.3 is 5.97 Å². The van der Waals surface area contributed by atoms with Gasteiger partial charge in [-0.3, -0.25) is 9.59 Å². The minimum atomic E-state index is -1.09. The van der Waals surface area contributed by atoms with Crippen LogP contribution in [-0.4, -0.2) is 33.9 Å². The first-order valence-electron chi connectivity index (χ1n) is 6.14. The second-order valence-corrected chi connectivity index (χ2v) is 5.33. The molecule has 20 heavy (non-hydrogen) atoms. The second kappa shape index (κ2) is 6.99. The van der Waals surface area contributed by atoms with E-state index in [0.29, 0.717) is 11.6 Å². The average molecular weight is 299 g/mol. The number of nitrogens with one attached hydrogen (secondary N) is 2. The fraction of sp³-hybridized carbons (Fsp3) is 0.500. The van der Waals surface area contributed by atoms with Crippen molar-refractivity contribution in [3.05, 3.63) is 11.1 Å². The molecule has 7 nitrogen and oxygen atoms in total. The molecule has 110 valence electrons. The predicted octanol–water partition coefficient (Wildman–Crippen LogP) is 1.33. The number of carboxylic acid groups (broad SMARTS) is 1. The third kappa shape index (κ3) is 4.30. The van der Waals surface area contributed by atoms with Gasteiger partial charge in [0, 0.05) is 11.8 Å². The highest BCUT2D eigenvalue weighted by molar-refractivity contribution is 7.14. The Morgan fingerprint density at radius 1 is 1.40 bits per heavy atom. The Kier molecular flexibility index (Phi) is 5.63. The zero-order valence-electron chi connectivity index (χ0n) is 11.5. The highest BCUT2D eigenvalue weighted by Gasteiger charge is 2.25. The molecule has 0 aromatic carbocycles. The van der Waals surface area contributed by atoms with Crippen LogP contribution in [-0.2, 0) is 9.59 Å². The van der Waals surface area contributed by atoms with E-state index >= 15 is 0 Å². The summed E-state index contributed by atoms with van der Waals surface area (Å²) in [6.45, 7) is 5.11. The van der Waals surface area contributed by atoms with Crippen molar-refractivity contribution in [1.29, 1.82) is 0 Å². The van der Waals surface area contributed by atoms with Crippen LogP contribution in [0, 0.1) is 5.92 Å². The van der Waals surface area contributed by atoms with E-state index in [0.717, 1.165) is 11.3 Å². The molecule has 0 saturated carbocycles. The Hall–Kier alpha value is -1.96. The number of aliphatic carboxylic acids is 1. The van der Waals surface area contributed by atoms with Gasteiger partial charge in [0.25, 0.3) is 5.91 Å². The molecule has 0 bridgehead atoms. The largest absolute Gasteiger partial charge is 0.480 e. The van der Waals surface area contributed by atoms with Crippen LogP contribution in [0.25, 0.3) is 0 Å². The van der Waals surface area contributed by atoms with E-state index < -0.39 is 17.9 Å². The fourth-order valence-electron chi connectivity index (χ4n) is 1.37. The summed E-state index contributed by atoms with van der Waals surface area (Å²) < 4.78 is 0. The zero-order chi connectivity index (χ0) is 15.3. The molecule has 0 fully saturated rings. The molecule has 1 unspecified atom stereocenters. The number of anilines is 1. The maximum Gasteiger partial charge on any atom is 0.326 e. The minimum Gasteiger partial charge on any atom is -0.480 e. The van der Waals surface area contributed by atoms with Crippen molar-refractivity contribution in [2.75, 3.05) is 5.32 Å². The quantitative estimate of drug-likeness (QED) is 0.734. The maximum absolute atomic E-state index is 11.9. The number of amides is 2. The lowest BCUT2D eigenvalue weighted by Crippen LogP contribution is -2.44. The summed E-state index contributed by atoms with van der Waals surface area (Å²) >= 11 is 1.11. The molecular formula is C12H17N3O4S. The SMILES string of the molecule is CCC(=O)Nc1nc(C(=O)NC(C(=O)O)C(C)C)cs1. The molecule has 0 saturated heterocycles. The lowest BCUT2D eigenvalue weighted by Gasteiger charge is -2.16. The number of nitrogens with zero attached hydrogens (tertiary/aromatic N) is 1. The highest BCUT2D eigenvalue weighted by atomic mass is 32.1. The van der Waals surface area contributed by atoms with Crippen LogP contribution in [0.3, 0.4) is 0 Å². The van der Waals surface area contributed by atoms with Crippen LogP contribution in [0.2, 0.25) is 0 Å². The molecule has 1 atom stereocenters. The summed E-state index contributed by atoms with van der Waals surface area (Å²) in [6, 6.07) is -0.974. The number of hydrogen-bond acceptors (Lipinski definition) is 5. The monoisotopic (exact) mass is 299 g/mol. The normalized spacial score (nSPS) is 12.0. The van der Waals surface area contributed by atoms with Crippen molar-refractivity contribution in [2.24, 2.45) is 5.92 Å². The Morgan fingerprint density at radius 3 is 2.55 bits per heavy atom. The maximum atomic E-state index is 11.9. The zero-order valence-corrected chi connectivity index (χ0v) is 12.3. The van der Waals surface area contributed by atoms with Crippen molar-refractivity contribution in [2.45, 2.75) is 33.2 Å². The summed E-state index contributed by atoms with van der Waals surface area (Å²) in [5.41, 5.74) is 0.0910. The molecule has 0 aliphatic rings. The van der Waals surface area contributed by atoms with E-state index in [9.17, 15) is 14.4 Å². The van der Waals surface area contributed by atoms with Gasteiger partial charge in [-0.2, -0.15) is 0 Å². The molecule has 0 spiro atoms. The number of hydrogen-bond donors (Lipinski definition) is 3. The number of carboxylic acids is 1. The number of thiazole rings is 1. The van der Waals surface area contributed by atoms with Crippen molar-refractivity contribution in [3.63, 3.8) is 0 Å². The third-order valence-corrected chi connectivity index (χ3v) is 3.28. The van der Waals surface area contributed by atoms with Gasteiger partial charge in [-0.15, -0.1) is 11.3 Å². The van der Waals surface area contributed by atoms with Crippen LogP contribution >= 0.6 is 11.3 Å². The summed E-state index contributed by atoms with van der Waals surface area (Å²) in [7, 11) is 0. The molecule has 0 radical (unpaired) electrons. The van der Waals surface area contributed by atoms with Crippen molar-refractivity contribution >= 4 is 34.3 Å². The molecular weight excluding hydrogens is 282 g/mol. The number of rotatable bonds is 6. The van der Waals surface area contributed by atoms with Gasteiger partial charge in [0.1, 0.15) is 11.7 Å². The summed E-state index contributed by atoms with van der Waals surface area (Å²) in [5.74, 6) is -2.10. The lowest BCUT2D eigenvalue weighted by atomic mass is 10.0. The van der Waals surface area contributed by atoms with Gasteiger partial charge in [0.15, 0.2) is 5.13 Å². The first kappa shape index (κ1) is 16.1. The van der Waals surface area contributed by atoms with E-state index in [1.807, 2.05) is 0 Å². The van der Waals surface area contributed by atoms with Crippen molar-refractivity contribution in [1.82, 2.24) is 10.3 Å². The Balaban J connectivity index is 2.73. The molecule has 8 heteroatoms. The molecule has 2 amide bonds. The van der Waals surface area contributed by atoms with E-state index in [4.69, 9.17) is 5.11 Å². The van der Waals surface area contributed by atoms with Crippen molar-refractivity contribution in [3.8, 4) is 0 Å². The molecule has 3 N–H and O–H groups in total. The van der Waals surface area contributed by atoms with Crippen LogP contribution in [0.5, 0.6) is 0 Å². The summed E-state index contributed by atoms with van der Waals surface area (Å²) in [4.78, 5) is 38.0. The fourth-order valence-corrected chi connectivity index (χ4v) is 2.08. The third-order valence-electron chi connectivity index (χ3n) is 2.52. The summed E-state index contributed by atoms with van der Waals surface area (Å²) in [5, 5.41) is 15.7. The smallest absolute Gasteiger partial charge is 0.326 e. The topological polar surface area (TPSA) is 108 Å². The van der Waals surface area contributed by atoms with Crippen molar-refractivity contribution < 1.29 is 19.5 Å². The number of carbonyl (C=O) groups excluding carboxylic acids is 2. The molecule has 0 aliphatic carbocycles. The molecule has 1 heterocycles. The number of carbonyl (C=O) groups is 3. The van der Waals surface area contributed by atoms with E-state index in [2.05, 4.69) is 15.6 Å². The van der Waals surface area contributed by atoms with E-state index in [1.54, 1.807) is 20.8 Å². The Morgan fingerprint density at radius 2 is 2.05 bits per heavy atom. The molecule has 1 rings (SSSR count). The first-order valence-corrected chi connectivity index (χ1v) is 7.02. The second-order valence-electron chi connectivity index (χ2n) is 4.47. The van der Waals surface area contributed by atoms with Crippen LogP contribution in [0.1, 0.15) is 37.7 Å². The first-order chi connectivity index (χ1) is 9.35. The van der Waals surface area contributed by atoms with Gasteiger partial charge in [-0.25, -0.2) is 9.78 Å². The van der Waals surface area contributed by atoms with Crippen LogP contribution in [0.15, 0.2) is 5.38 Å². The Labute approximate surface area is 120 Å². The average Bonchev–Trinajstić information content (AvgIpc) is 2.83. The summed E-state index contributed by atoms with van der Waals surface area (Å²) in [6.07, 6.45) is 0.315. The minimum absolute atomic E-state index is 0.0910. The predicted molar refractivity (Wildman–Crippen MR) is 74.8 cm³/mol. The van der Waals surface area contributed by atoms with Gasteiger partial charge in [0.05, 0.1) is 0 Å². The van der Waals surface area contributed by atoms with E-state index in [-0.39, 0.29) is 17.5 Å². The van der Waals surface area contributed by atoms with Crippen LogP contribution in [0.4, 0.5) is 5.13 Å². The highest BCUT2D eigenvalue weighted by Crippen LogP contribution is 2.16. The Bertz CT molecular complexity index is 513. The molecule has 1 aromatic heterocycles. The van der Waals surface area contributed by atoms with Gasteiger partial charge in [-0.1, -0.05) is 20.8 Å². The van der Waals surface area contributed by atoms with E-state index in [1.165, 1.54) is 5.38 Å². The lowest BCUT2D eigenvalue weighted by molar-refractivity contribution is -0.140.